The van der Waals surface area contributed by atoms with Gasteiger partial charge in [-0.25, -0.2) is 0 Å². The Morgan fingerprint density at radius 2 is 2.00 bits per heavy atom. The van der Waals surface area contributed by atoms with Crippen LogP contribution in [0, 0.1) is 13.8 Å². The van der Waals surface area contributed by atoms with Gasteiger partial charge >= 0.3 is 0 Å². The van der Waals surface area contributed by atoms with Gasteiger partial charge in [-0.05, 0) is 43.2 Å². The summed E-state index contributed by atoms with van der Waals surface area (Å²) >= 11 is 6.20. The molecule has 0 bridgehead atoms. The summed E-state index contributed by atoms with van der Waals surface area (Å²) in [5.74, 6) is 0.872. The van der Waals surface area contributed by atoms with Crippen LogP contribution in [-0.4, -0.2) is 22.6 Å². The van der Waals surface area contributed by atoms with Gasteiger partial charge in [0.2, 0.25) is 17.6 Å². The number of halogens is 1. The summed E-state index contributed by atoms with van der Waals surface area (Å²) in [6.45, 7) is 4.57. The smallest absolute Gasteiger partial charge is 0.232 e. The van der Waals surface area contributed by atoms with E-state index in [9.17, 15) is 4.79 Å². The molecule has 1 aromatic heterocycles. The van der Waals surface area contributed by atoms with E-state index in [-0.39, 0.29) is 11.8 Å². The quantitative estimate of drug-likeness (QED) is 0.682. The van der Waals surface area contributed by atoms with E-state index in [1.54, 1.807) is 6.07 Å². The molecule has 4 rings (SSSR count). The number of benzene rings is 2. The summed E-state index contributed by atoms with van der Waals surface area (Å²) < 4.78 is 5.45. The fourth-order valence-corrected chi connectivity index (χ4v) is 3.49. The molecule has 0 aliphatic carbocycles. The van der Waals surface area contributed by atoms with Crippen molar-refractivity contribution in [2.45, 2.75) is 26.2 Å². The average molecular weight is 368 g/mol. The van der Waals surface area contributed by atoms with Gasteiger partial charge in [0.05, 0.1) is 10.9 Å². The molecule has 0 spiro atoms. The van der Waals surface area contributed by atoms with E-state index >= 15 is 0 Å². The van der Waals surface area contributed by atoms with E-state index in [1.807, 2.05) is 55.1 Å². The Kier molecular flexibility index (Phi) is 4.24. The van der Waals surface area contributed by atoms with Gasteiger partial charge in [0.25, 0.3) is 0 Å². The lowest BCUT2D eigenvalue weighted by Crippen LogP contribution is -2.25. The van der Waals surface area contributed by atoms with E-state index in [1.165, 1.54) is 0 Å². The van der Waals surface area contributed by atoms with E-state index < -0.39 is 0 Å². The van der Waals surface area contributed by atoms with Gasteiger partial charge in [0, 0.05) is 24.2 Å². The fourth-order valence-electron chi connectivity index (χ4n) is 3.27. The molecular formula is C20H18ClN3O2. The van der Waals surface area contributed by atoms with Crippen LogP contribution in [0.1, 0.15) is 29.4 Å². The first-order valence-electron chi connectivity index (χ1n) is 8.49. The number of anilines is 1. The van der Waals surface area contributed by atoms with Crippen LogP contribution in [-0.2, 0) is 4.79 Å². The highest BCUT2D eigenvalue weighted by Crippen LogP contribution is 2.34. The molecule has 2 aromatic carbocycles. The third-order valence-corrected chi connectivity index (χ3v) is 5.02. The van der Waals surface area contributed by atoms with Crippen LogP contribution in [0.3, 0.4) is 0 Å². The second kappa shape index (κ2) is 6.57. The zero-order valence-corrected chi connectivity index (χ0v) is 15.3. The van der Waals surface area contributed by atoms with Crippen LogP contribution in [0.25, 0.3) is 11.4 Å². The van der Waals surface area contributed by atoms with Gasteiger partial charge in [-0.1, -0.05) is 41.0 Å². The topological polar surface area (TPSA) is 59.2 Å². The van der Waals surface area contributed by atoms with E-state index in [4.69, 9.17) is 16.1 Å². The summed E-state index contributed by atoms with van der Waals surface area (Å²) in [5, 5.41) is 4.61. The second-order valence-corrected chi connectivity index (χ2v) is 7.04. The first-order chi connectivity index (χ1) is 12.5. The molecule has 0 saturated carbocycles. The zero-order valence-electron chi connectivity index (χ0n) is 14.6. The van der Waals surface area contributed by atoms with Gasteiger partial charge in [0.15, 0.2) is 0 Å². The maximum absolute atomic E-state index is 12.6. The summed E-state index contributed by atoms with van der Waals surface area (Å²) in [7, 11) is 0. The Labute approximate surface area is 156 Å². The first kappa shape index (κ1) is 16.8. The predicted octanol–water partition coefficient (Wildman–Crippen LogP) is 4.53. The Hall–Kier alpha value is -2.66. The van der Waals surface area contributed by atoms with Gasteiger partial charge < -0.3 is 9.42 Å². The summed E-state index contributed by atoms with van der Waals surface area (Å²) in [6, 6.07) is 13.5. The molecule has 1 aliphatic heterocycles. The first-order valence-corrected chi connectivity index (χ1v) is 8.87. The number of carbonyl (C=O) groups is 1. The third-order valence-electron chi connectivity index (χ3n) is 4.69. The Bertz CT molecular complexity index is 983. The molecule has 3 aromatic rings. The van der Waals surface area contributed by atoms with Crippen LogP contribution in [0.5, 0.6) is 0 Å². The van der Waals surface area contributed by atoms with Crippen molar-refractivity contribution in [1.82, 2.24) is 10.1 Å². The van der Waals surface area contributed by atoms with Crippen LogP contribution in [0.4, 0.5) is 5.69 Å². The van der Waals surface area contributed by atoms with E-state index in [2.05, 4.69) is 10.1 Å². The average Bonchev–Trinajstić information content (AvgIpc) is 3.24. The van der Waals surface area contributed by atoms with Crippen molar-refractivity contribution in [3.05, 3.63) is 64.5 Å². The van der Waals surface area contributed by atoms with Gasteiger partial charge in [-0.2, -0.15) is 4.98 Å². The highest BCUT2D eigenvalue weighted by molar-refractivity contribution is 6.33. The lowest BCUT2D eigenvalue weighted by atomic mass is 10.1. The number of carbonyl (C=O) groups excluding carboxylic acids is 1. The predicted molar refractivity (Wildman–Crippen MR) is 100 cm³/mol. The molecule has 26 heavy (non-hydrogen) atoms. The van der Waals surface area contributed by atoms with Crippen molar-refractivity contribution >= 4 is 23.2 Å². The summed E-state index contributed by atoms with van der Waals surface area (Å²) in [6.07, 6.45) is 0.359. The van der Waals surface area contributed by atoms with E-state index in [0.29, 0.717) is 29.7 Å². The van der Waals surface area contributed by atoms with Crippen molar-refractivity contribution in [3.8, 4) is 11.4 Å². The largest absolute Gasteiger partial charge is 0.339 e. The summed E-state index contributed by atoms with van der Waals surface area (Å²) in [5.41, 5.74) is 3.87. The molecule has 0 N–H and O–H groups in total. The number of nitrogens with zero attached hydrogens (tertiary/aromatic N) is 3. The second-order valence-electron chi connectivity index (χ2n) is 6.63. The number of hydrogen-bond acceptors (Lipinski definition) is 4. The molecule has 2 heterocycles. The molecule has 1 amide bonds. The van der Waals surface area contributed by atoms with Crippen molar-refractivity contribution in [3.63, 3.8) is 0 Å². The fraction of sp³-hybridized carbons (Fsp3) is 0.250. The maximum Gasteiger partial charge on any atom is 0.232 e. The number of amides is 1. The lowest BCUT2D eigenvalue weighted by Gasteiger charge is -2.19. The SMILES string of the molecule is Cc1ccc(C)c(N2CC(c3nc(-c4ccccc4Cl)no3)CC2=O)c1. The van der Waals surface area contributed by atoms with Gasteiger partial charge in [0.1, 0.15) is 0 Å². The molecule has 1 atom stereocenters. The van der Waals surface area contributed by atoms with Crippen LogP contribution in [0.15, 0.2) is 47.0 Å². The number of rotatable bonds is 3. The standard InChI is InChI=1S/C20H18ClN3O2/c1-12-7-8-13(2)17(9-12)24-11-14(10-18(24)25)20-22-19(23-26-20)15-5-3-4-6-16(15)21/h3-9,14H,10-11H2,1-2H3. The lowest BCUT2D eigenvalue weighted by molar-refractivity contribution is -0.117. The highest BCUT2D eigenvalue weighted by Gasteiger charge is 2.35. The van der Waals surface area contributed by atoms with Crippen LogP contribution >= 0.6 is 11.6 Å². The monoisotopic (exact) mass is 367 g/mol. The molecule has 132 valence electrons. The molecule has 0 radical (unpaired) electrons. The molecule has 5 nitrogen and oxygen atoms in total. The molecular weight excluding hydrogens is 350 g/mol. The molecule has 1 saturated heterocycles. The summed E-state index contributed by atoms with van der Waals surface area (Å²) in [4.78, 5) is 18.9. The Morgan fingerprint density at radius 3 is 2.81 bits per heavy atom. The van der Waals surface area contributed by atoms with Crippen molar-refractivity contribution in [2.75, 3.05) is 11.4 Å². The third kappa shape index (κ3) is 2.99. The minimum atomic E-state index is -0.119. The van der Waals surface area contributed by atoms with Crippen molar-refractivity contribution in [1.29, 1.82) is 0 Å². The van der Waals surface area contributed by atoms with Crippen LogP contribution in [0.2, 0.25) is 5.02 Å². The number of aryl methyl sites for hydroxylation is 2. The van der Waals surface area contributed by atoms with Crippen molar-refractivity contribution in [2.24, 2.45) is 0 Å². The molecule has 1 unspecified atom stereocenters. The highest BCUT2D eigenvalue weighted by atomic mass is 35.5. The maximum atomic E-state index is 12.6. The minimum absolute atomic E-state index is 0.0705. The number of hydrogen-bond donors (Lipinski definition) is 0. The zero-order chi connectivity index (χ0) is 18.3. The van der Waals surface area contributed by atoms with E-state index in [0.717, 1.165) is 22.4 Å². The molecule has 1 fully saturated rings. The Morgan fingerprint density at radius 1 is 1.19 bits per heavy atom. The van der Waals surface area contributed by atoms with Crippen LogP contribution < -0.4 is 4.90 Å². The van der Waals surface area contributed by atoms with Gasteiger partial charge in [-0.15, -0.1) is 0 Å². The molecule has 6 heteroatoms. The normalized spacial score (nSPS) is 17.1. The number of aromatic nitrogens is 2. The molecule has 1 aliphatic rings. The minimum Gasteiger partial charge on any atom is -0.339 e. The Balaban J connectivity index is 1.60. The van der Waals surface area contributed by atoms with Gasteiger partial charge in [-0.3, -0.25) is 4.79 Å². The van der Waals surface area contributed by atoms with Crippen molar-refractivity contribution < 1.29 is 9.32 Å².